The number of thioether (sulfide) groups is 1. The lowest BCUT2D eigenvalue weighted by molar-refractivity contribution is -0.143. The highest BCUT2D eigenvalue weighted by atomic mass is 35.5. The molecule has 3 amide bonds. The SMILES string of the molecule is CCOc1cc(/C=C2\SC(=O)N(CC(=O)OC)C2=O)ccc1OCC(=O)Nc1ccc(Cl)cc1. The normalized spacial score (nSPS) is 14.3. The van der Waals surface area contributed by atoms with E-state index >= 15 is 0 Å². The lowest BCUT2D eigenvalue weighted by atomic mass is 10.2. The van der Waals surface area contributed by atoms with Crippen LogP contribution in [0.15, 0.2) is 47.4 Å². The van der Waals surface area contributed by atoms with Crippen LogP contribution in [0.5, 0.6) is 11.5 Å². The molecule has 1 N–H and O–H groups in total. The summed E-state index contributed by atoms with van der Waals surface area (Å²) in [4.78, 5) is 49.2. The average molecular weight is 505 g/mol. The first-order chi connectivity index (χ1) is 16.3. The number of carbonyl (C=O) groups is 4. The van der Waals surface area contributed by atoms with Crippen LogP contribution in [0.4, 0.5) is 10.5 Å². The second kappa shape index (κ2) is 11.6. The number of anilines is 1. The molecule has 178 valence electrons. The van der Waals surface area contributed by atoms with Gasteiger partial charge in [-0.1, -0.05) is 17.7 Å². The number of imide groups is 1. The Hall–Kier alpha value is -3.50. The first-order valence-electron chi connectivity index (χ1n) is 10.1. The molecule has 1 fully saturated rings. The molecule has 1 heterocycles. The molecule has 0 bridgehead atoms. The van der Waals surface area contributed by atoms with Crippen molar-refractivity contribution in [2.24, 2.45) is 0 Å². The zero-order valence-corrected chi connectivity index (χ0v) is 19.9. The number of esters is 1. The van der Waals surface area contributed by atoms with Crippen LogP contribution in [0.25, 0.3) is 6.08 Å². The second-order valence-corrected chi connectivity index (χ2v) is 8.26. The fourth-order valence-electron chi connectivity index (χ4n) is 2.86. The maximum Gasteiger partial charge on any atom is 0.325 e. The number of rotatable bonds is 9. The Balaban J connectivity index is 1.69. The van der Waals surface area contributed by atoms with Crippen LogP contribution >= 0.6 is 23.4 Å². The van der Waals surface area contributed by atoms with Crippen molar-refractivity contribution in [3.05, 3.63) is 58.0 Å². The number of nitrogens with one attached hydrogen (secondary N) is 1. The quantitative estimate of drug-likeness (QED) is 0.403. The average Bonchev–Trinajstić information content (AvgIpc) is 3.07. The summed E-state index contributed by atoms with van der Waals surface area (Å²) in [6.45, 7) is 1.43. The first-order valence-corrected chi connectivity index (χ1v) is 11.3. The second-order valence-electron chi connectivity index (χ2n) is 6.83. The Bertz CT molecular complexity index is 1130. The maximum absolute atomic E-state index is 12.5. The summed E-state index contributed by atoms with van der Waals surface area (Å²) in [5.74, 6) is -0.942. The van der Waals surface area contributed by atoms with Crippen LogP contribution in [0.2, 0.25) is 5.02 Å². The maximum atomic E-state index is 12.5. The Kier molecular flexibility index (Phi) is 8.55. The van der Waals surface area contributed by atoms with Gasteiger partial charge in [0.2, 0.25) is 0 Å². The Morgan fingerprint density at radius 2 is 1.82 bits per heavy atom. The monoisotopic (exact) mass is 504 g/mol. The molecule has 2 aromatic carbocycles. The van der Waals surface area contributed by atoms with Crippen molar-refractivity contribution in [3.8, 4) is 11.5 Å². The Labute approximate surface area is 205 Å². The first kappa shape index (κ1) is 25.1. The molecular weight excluding hydrogens is 484 g/mol. The van der Waals surface area contributed by atoms with E-state index in [9.17, 15) is 19.2 Å². The largest absolute Gasteiger partial charge is 0.490 e. The van der Waals surface area contributed by atoms with Crippen molar-refractivity contribution < 1.29 is 33.4 Å². The molecule has 1 aliphatic heterocycles. The summed E-state index contributed by atoms with van der Waals surface area (Å²) < 4.78 is 15.7. The van der Waals surface area contributed by atoms with Gasteiger partial charge >= 0.3 is 5.97 Å². The molecule has 0 saturated carbocycles. The molecule has 1 aliphatic rings. The van der Waals surface area contributed by atoms with Crippen LogP contribution in [-0.4, -0.2) is 54.8 Å². The molecule has 0 aliphatic carbocycles. The van der Waals surface area contributed by atoms with E-state index in [4.69, 9.17) is 21.1 Å². The van der Waals surface area contributed by atoms with Gasteiger partial charge in [0.15, 0.2) is 18.1 Å². The summed E-state index contributed by atoms with van der Waals surface area (Å²) in [6.07, 6.45) is 1.52. The number of methoxy groups -OCH3 is 1. The van der Waals surface area contributed by atoms with Crippen LogP contribution in [-0.2, 0) is 19.1 Å². The number of carbonyl (C=O) groups excluding carboxylic acids is 4. The summed E-state index contributed by atoms with van der Waals surface area (Å²) in [7, 11) is 1.18. The van der Waals surface area contributed by atoms with E-state index in [1.54, 1.807) is 49.4 Å². The molecule has 11 heteroatoms. The van der Waals surface area contributed by atoms with Gasteiger partial charge in [-0.3, -0.25) is 24.1 Å². The summed E-state index contributed by atoms with van der Waals surface area (Å²) >= 11 is 6.56. The number of hydrogen-bond donors (Lipinski definition) is 1. The van der Waals surface area contributed by atoms with Crippen molar-refractivity contribution >= 4 is 58.1 Å². The van der Waals surface area contributed by atoms with E-state index in [1.165, 1.54) is 13.2 Å². The standard InChI is InChI=1S/C23H21ClN2O7S/c1-3-32-18-10-14(11-19-22(29)26(23(30)34-19)12-21(28)31-2)4-9-17(18)33-13-20(27)25-16-7-5-15(24)6-8-16/h4-11H,3,12-13H2,1-2H3,(H,25,27)/b19-11-. The lowest BCUT2D eigenvalue weighted by Crippen LogP contribution is -2.34. The summed E-state index contributed by atoms with van der Waals surface area (Å²) in [5, 5.41) is 2.70. The predicted octanol–water partition coefficient (Wildman–Crippen LogP) is 3.97. The van der Waals surface area contributed by atoms with Gasteiger partial charge in [-0.25, -0.2) is 0 Å². The van der Waals surface area contributed by atoms with Crippen molar-refractivity contribution in [2.45, 2.75) is 6.92 Å². The van der Waals surface area contributed by atoms with Crippen LogP contribution < -0.4 is 14.8 Å². The lowest BCUT2D eigenvalue weighted by Gasteiger charge is -2.13. The Morgan fingerprint density at radius 3 is 2.50 bits per heavy atom. The molecule has 2 aromatic rings. The van der Waals surface area contributed by atoms with E-state index in [0.29, 0.717) is 34.4 Å². The summed E-state index contributed by atoms with van der Waals surface area (Å²) in [5.41, 5.74) is 1.16. The minimum absolute atomic E-state index is 0.160. The van der Waals surface area contributed by atoms with Crippen molar-refractivity contribution in [1.29, 1.82) is 0 Å². The molecule has 0 aromatic heterocycles. The molecule has 3 rings (SSSR count). The zero-order chi connectivity index (χ0) is 24.7. The van der Waals surface area contributed by atoms with E-state index in [0.717, 1.165) is 16.7 Å². The minimum atomic E-state index is -0.691. The van der Waals surface area contributed by atoms with E-state index in [1.807, 2.05) is 0 Å². The number of hydrogen-bond acceptors (Lipinski definition) is 8. The van der Waals surface area contributed by atoms with Gasteiger partial charge < -0.3 is 19.5 Å². The van der Waals surface area contributed by atoms with Crippen LogP contribution in [0.1, 0.15) is 12.5 Å². The van der Waals surface area contributed by atoms with Crippen molar-refractivity contribution in [1.82, 2.24) is 4.90 Å². The molecule has 34 heavy (non-hydrogen) atoms. The van der Waals surface area contributed by atoms with Gasteiger partial charge in [0.05, 0.1) is 18.6 Å². The minimum Gasteiger partial charge on any atom is -0.490 e. The topological polar surface area (TPSA) is 111 Å². The van der Waals surface area contributed by atoms with Gasteiger partial charge in [0.1, 0.15) is 6.54 Å². The Morgan fingerprint density at radius 1 is 1.09 bits per heavy atom. The number of amides is 3. The van der Waals surface area contributed by atoms with E-state index < -0.39 is 23.7 Å². The molecule has 0 unspecified atom stereocenters. The third-order valence-corrected chi connectivity index (χ3v) is 5.60. The highest BCUT2D eigenvalue weighted by Gasteiger charge is 2.36. The number of nitrogens with zero attached hydrogens (tertiary/aromatic N) is 1. The predicted molar refractivity (Wildman–Crippen MR) is 128 cm³/mol. The van der Waals surface area contributed by atoms with Crippen molar-refractivity contribution in [3.63, 3.8) is 0 Å². The van der Waals surface area contributed by atoms with E-state index in [-0.39, 0.29) is 17.4 Å². The zero-order valence-electron chi connectivity index (χ0n) is 18.3. The van der Waals surface area contributed by atoms with Gasteiger partial charge in [-0.05, 0) is 66.7 Å². The molecule has 0 spiro atoms. The fourth-order valence-corrected chi connectivity index (χ4v) is 3.82. The molecule has 0 atom stereocenters. The van der Waals surface area contributed by atoms with Crippen LogP contribution in [0, 0.1) is 0 Å². The van der Waals surface area contributed by atoms with Gasteiger partial charge in [-0.2, -0.15) is 0 Å². The highest BCUT2D eigenvalue weighted by Crippen LogP contribution is 2.34. The number of benzene rings is 2. The summed E-state index contributed by atoms with van der Waals surface area (Å²) in [6, 6.07) is 11.6. The molecule has 1 saturated heterocycles. The third-order valence-electron chi connectivity index (χ3n) is 4.44. The third kappa shape index (κ3) is 6.52. The van der Waals surface area contributed by atoms with Gasteiger partial charge in [0, 0.05) is 10.7 Å². The van der Waals surface area contributed by atoms with Gasteiger partial charge in [-0.15, -0.1) is 0 Å². The molecule has 0 radical (unpaired) electrons. The molecular formula is C23H21ClN2O7S. The van der Waals surface area contributed by atoms with Crippen molar-refractivity contribution in [2.75, 3.05) is 32.2 Å². The smallest absolute Gasteiger partial charge is 0.325 e. The number of halogens is 1. The fraction of sp³-hybridized carbons (Fsp3) is 0.217. The number of ether oxygens (including phenoxy) is 3. The van der Waals surface area contributed by atoms with Crippen LogP contribution in [0.3, 0.4) is 0 Å². The van der Waals surface area contributed by atoms with Gasteiger partial charge in [0.25, 0.3) is 17.1 Å². The van der Waals surface area contributed by atoms with E-state index in [2.05, 4.69) is 10.1 Å². The molecule has 9 nitrogen and oxygen atoms in total. The highest BCUT2D eigenvalue weighted by molar-refractivity contribution is 8.18.